The predicted octanol–water partition coefficient (Wildman–Crippen LogP) is 10.1. The average Bonchev–Trinajstić information content (AvgIpc) is 1.50. The highest BCUT2D eigenvalue weighted by molar-refractivity contribution is 7.17. The van der Waals surface area contributed by atoms with Crippen LogP contribution in [0, 0.1) is 47.7 Å². The minimum atomic E-state index is -0.950. The first-order chi connectivity index (χ1) is 43.0. The molecule has 480 valence electrons. The molecule has 2 aromatic carbocycles. The van der Waals surface area contributed by atoms with Crippen LogP contribution in [0.2, 0.25) is 0 Å². The van der Waals surface area contributed by atoms with Gasteiger partial charge >= 0.3 is 6.01 Å². The van der Waals surface area contributed by atoms with Gasteiger partial charge in [-0.25, -0.2) is 18.7 Å². The molecule has 3 amide bonds. The Balaban J connectivity index is 0.636. The molecule has 22 heteroatoms. The third kappa shape index (κ3) is 11.4. The topological polar surface area (TPSA) is 230 Å². The van der Waals surface area contributed by atoms with Crippen LogP contribution in [-0.2, 0) is 19.2 Å². The number of β-amino-alcohol motifs (C(OH)–C–C–N with tert-alkyl or cyclic N) is 1. The van der Waals surface area contributed by atoms with Crippen LogP contribution in [0.4, 0.5) is 20.3 Å². The lowest BCUT2D eigenvalue weighted by atomic mass is 9.70. The lowest BCUT2D eigenvalue weighted by molar-refractivity contribution is -0.144. The van der Waals surface area contributed by atoms with Gasteiger partial charge in [0.25, 0.3) is 0 Å². The number of likely N-dealkylation sites (tertiary alicyclic amines) is 1. The number of nitrogen functional groups attached to an aromatic ring is 1. The molecule has 9 heterocycles. The van der Waals surface area contributed by atoms with E-state index in [4.69, 9.17) is 30.2 Å². The van der Waals surface area contributed by atoms with Gasteiger partial charge in [0.05, 0.1) is 45.3 Å². The molecule has 4 saturated heterocycles. The fourth-order valence-corrected chi connectivity index (χ4v) is 18.2. The second kappa shape index (κ2) is 24.2. The van der Waals surface area contributed by atoms with E-state index in [-0.39, 0.29) is 90.8 Å². The van der Waals surface area contributed by atoms with Crippen molar-refractivity contribution < 1.29 is 42.5 Å². The van der Waals surface area contributed by atoms with Gasteiger partial charge in [0.15, 0.2) is 5.82 Å². The molecule has 4 aromatic heterocycles. The zero-order valence-corrected chi connectivity index (χ0v) is 54.5. The Morgan fingerprint density at radius 2 is 1.79 bits per heavy atom. The van der Waals surface area contributed by atoms with E-state index in [0.29, 0.717) is 97.9 Å². The number of carbonyl (C=O) groups is 4. The number of thiophene rings is 1. The number of Topliss-reactive ketones (excluding diaryl/α,β-unsaturated/α-hetero) is 1. The molecule has 14 atom stereocenters. The molecule has 90 heavy (non-hydrogen) atoms. The molecular weight excluding hydrogens is 1180 g/mol. The highest BCUT2D eigenvalue weighted by Crippen LogP contribution is 2.74. The van der Waals surface area contributed by atoms with E-state index in [1.54, 1.807) is 17.4 Å². The summed E-state index contributed by atoms with van der Waals surface area (Å²) in [6.07, 6.45) is 3.91. The SMILES string of the molecule is CC[C@H](NCCCCC(=O)N[C@H](C(=O)N1C[C@H](O)C[C@H]1C(=O)N[C@@H](C)c1ccc(-c2scnc2C)cc1)C(C)(C)C)C(=O)CC[C@H]1C2CN3c4nc(OC[C@@]56CCCN5C[C@H](F)C6)nc5c(F)c(-c6cc(N)cc7ccsc67)nc(c45)O[C@@H](C)[C@]3(C)CC3C2C31. The van der Waals surface area contributed by atoms with Crippen LogP contribution < -0.4 is 36.1 Å². The number of hydrogen-bond donors (Lipinski definition) is 5. The lowest BCUT2D eigenvalue weighted by Gasteiger charge is -2.48. The molecule has 4 unspecified atom stereocenters. The number of aliphatic hydroxyl groups is 1. The second-order valence-corrected chi connectivity index (χ2v) is 30.0. The van der Waals surface area contributed by atoms with Crippen LogP contribution in [0.5, 0.6) is 11.9 Å². The number of nitrogens with two attached hydrogens (primary N) is 1. The van der Waals surface area contributed by atoms with Crippen molar-refractivity contribution in [1.29, 1.82) is 0 Å². The Morgan fingerprint density at radius 3 is 2.54 bits per heavy atom. The Morgan fingerprint density at radius 1 is 0.989 bits per heavy atom. The third-order valence-corrected chi connectivity index (χ3v) is 23.4. The van der Waals surface area contributed by atoms with Crippen LogP contribution in [0.3, 0.4) is 0 Å². The maximum Gasteiger partial charge on any atom is 0.319 e. The molecule has 0 spiro atoms. The zero-order chi connectivity index (χ0) is 63.3. The highest BCUT2D eigenvalue weighted by Gasteiger charge is 2.72. The molecule has 6 aromatic rings. The number of ketones is 1. The average molecular weight is 1270 g/mol. The van der Waals surface area contributed by atoms with Gasteiger partial charge in [-0.1, -0.05) is 52.0 Å². The number of fused-ring (bicyclic) bond motifs is 5. The number of ether oxygens (including phenoxy) is 2. The molecule has 18 nitrogen and oxygen atoms in total. The number of hydrogen-bond acceptors (Lipinski definition) is 17. The van der Waals surface area contributed by atoms with E-state index < -0.39 is 52.6 Å². The molecule has 0 radical (unpaired) electrons. The van der Waals surface area contributed by atoms with Gasteiger partial charge in [0.1, 0.15) is 59.2 Å². The number of thiazole rings is 1. The number of rotatable bonds is 21. The van der Waals surface area contributed by atoms with Crippen molar-refractivity contribution in [2.75, 3.05) is 50.0 Å². The Hall–Kier alpha value is -6.46. The minimum Gasteiger partial charge on any atom is -0.472 e. The maximum absolute atomic E-state index is 17.7. The molecule has 6 N–H and O–H groups in total. The zero-order valence-electron chi connectivity index (χ0n) is 52.8. The molecule has 5 aliphatic heterocycles. The van der Waals surface area contributed by atoms with Crippen LogP contribution in [0.25, 0.3) is 42.7 Å². The number of nitrogens with zero attached hydrogens (tertiary/aromatic N) is 7. The molecule has 2 aliphatic carbocycles. The Bertz CT molecular complexity index is 3750. The summed E-state index contributed by atoms with van der Waals surface area (Å²) in [5.74, 6) is 1.23. The maximum atomic E-state index is 17.7. The first kappa shape index (κ1) is 62.4. The number of unbranched alkanes of at least 4 members (excludes halogenated alkanes) is 1. The molecule has 0 bridgehead atoms. The van der Waals surface area contributed by atoms with Crippen molar-refractivity contribution in [3.8, 4) is 33.6 Å². The minimum absolute atomic E-state index is 0.0187. The quantitative estimate of drug-likeness (QED) is 0.0333. The number of halogens is 2. The normalized spacial score (nSPS) is 28.5. The summed E-state index contributed by atoms with van der Waals surface area (Å²) in [5.41, 5.74) is 10.6. The van der Waals surface area contributed by atoms with Gasteiger partial charge in [0, 0.05) is 61.3 Å². The molecule has 13 rings (SSSR count). The number of alkyl halides is 1. The smallest absolute Gasteiger partial charge is 0.319 e. The standard InChI is InChI=1S/C68H85F2N11O7S2/c1-9-48(72-22-11-10-13-51(84)75-60(66(5,6)7)64(86)80-31-43(82)27-49(80)62(85)74-35(2)38-14-16-39(17-15-38)58-36(3)73-34-90-58)50(83)19-18-44-47-32-81-61-54-57(77-65(78-61)87-33-68-21-12-23-79(68)30-41(69)28-68)55(70)56(45-26-42(71)25-40-20-24-89-59(40)45)76-63(54)88-37(4)67(81,8)29-46-52(44)53(46)47/h14-17,20,24-26,34-35,37,41,43-44,46-49,52-53,60,72,82H,9-13,18-19,21-23,27-33,71H2,1-8H3,(H,74,85)(H,75,84)/t35-,37-,41+,43+,44-,46?,47?,48-,49-,52?,53?,60+,67-,68-/m0/s1. The van der Waals surface area contributed by atoms with Crippen molar-refractivity contribution in [2.24, 2.45) is 35.0 Å². The van der Waals surface area contributed by atoms with E-state index in [1.807, 2.05) is 88.8 Å². The highest BCUT2D eigenvalue weighted by atomic mass is 32.1. The van der Waals surface area contributed by atoms with Crippen LogP contribution >= 0.6 is 22.7 Å². The Labute approximate surface area is 532 Å². The first-order valence-electron chi connectivity index (χ1n) is 32.5. The summed E-state index contributed by atoms with van der Waals surface area (Å²) in [4.78, 5) is 82.4. The van der Waals surface area contributed by atoms with Crippen LogP contribution in [0.15, 0.2) is 53.4 Å². The van der Waals surface area contributed by atoms with Crippen LogP contribution in [0.1, 0.15) is 136 Å². The molecular formula is C68H85F2N11O7S2. The number of carbonyl (C=O) groups excluding carboxylic acids is 4. The number of pyridine rings is 1. The summed E-state index contributed by atoms with van der Waals surface area (Å²) in [7, 11) is 0. The summed E-state index contributed by atoms with van der Waals surface area (Å²) in [6, 6.07) is 11.0. The molecule has 2 saturated carbocycles. The van der Waals surface area contributed by atoms with Crippen LogP contribution in [-0.4, -0.2) is 145 Å². The van der Waals surface area contributed by atoms with E-state index in [0.717, 1.165) is 64.0 Å². The number of aliphatic hydroxyl groups excluding tert-OH is 1. The van der Waals surface area contributed by atoms with Crippen molar-refractivity contribution in [1.82, 2.24) is 45.7 Å². The van der Waals surface area contributed by atoms with Gasteiger partial charge in [0.2, 0.25) is 23.6 Å². The summed E-state index contributed by atoms with van der Waals surface area (Å²) in [5, 5.41) is 23.6. The predicted molar refractivity (Wildman–Crippen MR) is 346 cm³/mol. The van der Waals surface area contributed by atoms with Gasteiger partial charge < -0.3 is 46.1 Å². The summed E-state index contributed by atoms with van der Waals surface area (Å²) in [6.45, 7) is 18.3. The fourth-order valence-electron chi connectivity index (χ4n) is 16.5. The monoisotopic (exact) mass is 1270 g/mol. The fraction of sp³-hybridized carbons (Fsp3) is 0.588. The summed E-state index contributed by atoms with van der Waals surface area (Å²) < 4.78 is 47.1. The first-order valence-corrected chi connectivity index (χ1v) is 34.3. The van der Waals surface area contributed by atoms with Crippen molar-refractivity contribution in [3.63, 3.8) is 0 Å². The third-order valence-electron chi connectivity index (χ3n) is 21.5. The van der Waals surface area contributed by atoms with E-state index in [1.165, 1.54) is 16.2 Å². The number of aryl methyl sites for hydroxylation is 1. The number of anilines is 2. The molecule has 6 fully saturated rings. The van der Waals surface area contributed by atoms with Crippen molar-refractivity contribution >= 4 is 78.7 Å². The van der Waals surface area contributed by atoms with E-state index >= 15 is 8.78 Å². The van der Waals surface area contributed by atoms with Crippen molar-refractivity contribution in [2.45, 2.75) is 180 Å². The van der Waals surface area contributed by atoms with Gasteiger partial charge in [-0.2, -0.15) is 9.97 Å². The van der Waals surface area contributed by atoms with E-state index in [2.05, 4.69) is 44.6 Å². The van der Waals surface area contributed by atoms with Crippen molar-refractivity contribution in [3.05, 3.63) is 70.4 Å². The van der Waals surface area contributed by atoms with Gasteiger partial charge in [-0.3, -0.25) is 24.1 Å². The number of benzene rings is 2. The number of aromatic nitrogens is 4. The number of nitrogens with one attached hydrogen (secondary N) is 3. The second-order valence-electron chi connectivity index (χ2n) is 28.2. The number of amides is 3. The largest absolute Gasteiger partial charge is 0.472 e. The Kier molecular flexibility index (Phi) is 16.8. The van der Waals surface area contributed by atoms with Gasteiger partial charge in [-0.05, 0) is 161 Å². The van der Waals surface area contributed by atoms with Gasteiger partial charge in [-0.15, -0.1) is 22.7 Å². The summed E-state index contributed by atoms with van der Waals surface area (Å²) >= 11 is 3.06. The van der Waals surface area contributed by atoms with E-state index in [9.17, 15) is 24.3 Å². The molecule has 7 aliphatic rings. The lowest BCUT2D eigenvalue weighted by Crippen LogP contribution is -2.58.